The molecule has 2 aromatic carbocycles. The zero-order chi connectivity index (χ0) is 20.0. The lowest BCUT2D eigenvalue weighted by Crippen LogP contribution is -2.33. The number of fused-ring (bicyclic) bond motifs is 2. The highest BCUT2D eigenvalue weighted by molar-refractivity contribution is 7.16. The standard InChI is InChI=1S/C20H15FN4O3S/c21-12-8-9-15-14(11-12)18(26)25-19(22-15)29-17(23-25)16-7-4-10-24(16)20(27)28-13-5-2-1-3-6-13/h1-3,5-6,8-9,11,16H,4,7,10H2. The molecule has 1 aliphatic rings. The highest BCUT2D eigenvalue weighted by Crippen LogP contribution is 2.34. The van der Waals surface area contributed by atoms with Crippen LogP contribution in [0.2, 0.25) is 0 Å². The van der Waals surface area contributed by atoms with Gasteiger partial charge in [0.2, 0.25) is 4.96 Å². The number of hydrogen-bond acceptors (Lipinski definition) is 6. The second-order valence-corrected chi connectivity index (χ2v) is 7.73. The Labute approximate surface area is 168 Å². The van der Waals surface area contributed by atoms with Gasteiger partial charge in [0.25, 0.3) is 5.56 Å². The number of benzene rings is 2. The Bertz CT molecular complexity index is 1290. The third-order valence-corrected chi connectivity index (χ3v) is 5.90. The van der Waals surface area contributed by atoms with Gasteiger partial charge >= 0.3 is 6.09 Å². The van der Waals surface area contributed by atoms with Crippen molar-refractivity contribution in [3.8, 4) is 5.75 Å². The van der Waals surface area contributed by atoms with Crippen molar-refractivity contribution < 1.29 is 13.9 Å². The number of amides is 1. The van der Waals surface area contributed by atoms with Crippen molar-refractivity contribution in [2.24, 2.45) is 0 Å². The van der Waals surface area contributed by atoms with Gasteiger partial charge in [0.05, 0.1) is 16.9 Å². The van der Waals surface area contributed by atoms with E-state index in [0.29, 0.717) is 34.2 Å². The van der Waals surface area contributed by atoms with Gasteiger partial charge in [-0.3, -0.25) is 9.69 Å². The molecule has 1 aliphatic heterocycles. The third-order valence-electron chi connectivity index (χ3n) is 4.89. The summed E-state index contributed by atoms with van der Waals surface area (Å²) in [5, 5.41) is 5.18. The Kier molecular flexibility index (Phi) is 4.24. The van der Waals surface area contributed by atoms with E-state index in [9.17, 15) is 14.0 Å². The maximum Gasteiger partial charge on any atom is 0.415 e. The number of nitrogens with zero attached hydrogens (tertiary/aromatic N) is 4. The molecule has 0 spiro atoms. The summed E-state index contributed by atoms with van der Waals surface area (Å²) in [6, 6.07) is 12.5. The molecule has 29 heavy (non-hydrogen) atoms. The molecule has 1 amide bonds. The van der Waals surface area contributed by atoms with E-state index in [-0.39, 0.29) is 11.4 Å². The predicted molar refractivity (Wildman–Crippen MR) is 106 cm³/mol. The molecule has 0 bridgehead atoms. The van der Waals surface area contributed by atoms with Gasteiger partial charge in [-0.15, -0.1) is 0 Å². The first-order valence-electron chi connectivity index (χ1n) is 9.13. The molecule has 146 valence electrons. The molecule has 4 aromatic rings. The molecule has 1 fully saturated rings. The first kappa shape index (κ1) is 17.7. The molecule has 0 saturated carbocycles. The van der Waals surface area contributed by atoms with Crippen LogP contribution in [0.15, 0.2) is 53.3 Å². The topological polar surface area (TPSA) is 76.8 Å². The van der Waals surface area contributed by atoms with Gasteiger partial charge in [0.1, 0.15) is 16.6 Å². The van der Waals surface area contributed by atoms with Gasteiger partial charge < -0.3 is 4.74 Å². The van der Waals surface area contributed by atoms with Crippen LogP contribution >= 0.6 is 11.3 Å². The molecule has 1 saturated heterocycles. The number of likely N-dealkylation sites (tertiary alicyclic amines) is 1. The van der Waals surface area contributed by atoms with Crippen LogP contribution in [0.4, 0.5) is 9.18 Å². The molecule has 0 radical (unpaired) electrons. The maximum absolute atomic E-state index is 13.5. The number of ether oxygens (including phenoxy) is 1. The van der Waals surface area contributed by atoms with Crippen LogP contribution in [0.5, 0.6) is 5.75 Å². The largest absolute Gasteiger partial charge is 0.415 e. The summed E-state index contributed by atoms with van der Waals surface area (Å²) in [5.41, 5.74) is -0.0122. The Morgan fingerprint density at radius 3 is 2.86 bits per heavy atom. The minimum absolute atomic E-state index is 0.172. The fraction of sp³-hybridized carbons (Fsp3) is 0.200. The van der Waals surface area contributed by atoms with Crippen molar-refractivity contribution in [3.05, 3.63) is 69.7 Å². The highest BCUT2D eigenvalue weighted by Gasteiger charge is 2.34. The lowest BCUT2D eigenvalue weighted by atomic mass is 10.2. The molecule has 5 rings (SSSR count). The second-order valence-electron chi connectivity index (χ2n) is 6.75. The Hall–Kier alpha value is -3.33. The summed E-state index contributed by atoms with van der Waals surface area (Å²) in [6.45, 7) is 0.543. The van der Waals surface area contributed by atoms with E-state index in [1.54, 1.807) is 29.2 Å². The average molecular weight is 410 g/mol. The van der Waals surface area contributed by atoms with E-state index in [1.807, 2.05) is 6.07 Å². The van der Waals surface area contributed by atoms with E-state index in [2.05, 4.69) is 10.1 Å². The van der Waals surface area contributed by atoms with Crippen molar-refractivity contribution >= 4 is 33.3 Å². The van der Waals surface area contributed by atoms with Gasteiger partial charge in [0, 0.05) is 6.54 Å². The van der Waals surface area contributed by atoms with Crippen molar-refractivity contribution in [3.63, 3.8) is 0 Å². The zero-order valence-electron chi connectivity index (χ0n) is 15.1. The fourth-order valence-corrected chi connectivity index (χ4v) is 4.56. The number of hydrogen-bond donors (Lipinski definition) is 0. The summed E-state index contributed by atoms with van der Waals surface area (Å²) < 4.78 is 20.2. The van der Waals surface area contributed by atoms with E-state index in [0.717, 1.165) is 12.5 Å². The number of carbonyl (C=O) groups is 1. The highest BCUT2D eigenvalue weighted by atomic mass is 32.1. The molecule has 0 aliphatic carbocycles. The quantitative estimate of drug-likeness (QED) is 0.503. The summed E-state index contributed by atoms with van der Waals surface area (Å²) in [6.07, 6.45) is 1.07. The number of aromatic nitrogens is 3. The van der Waals surface area contributed by atoms with Gasteiger partial charge in [-0.1, -0.05) is 29.5 Å². The monoisotopic (exact) mass is 410 g/mol. The summed E-state index contributed by atoms with van der Waals surface area (Å²) in [7, 11) is 0. The summed E-state index contributed by atoms with van der Waals surface area (Å²) in [5.74, 6) is -0.0314. The molecule has 3 heterocycles. The van der Waals surface area contributed by atoms with Crippen molar-refractivity contribution in [1.82, 2.24) is 19.5 Å². The van der Waals surface area contributed by atoms with Crippen molar-refractivity contribution in [2.45, 2.75) is 18.9 Å². The number of rotatable bonds is 2. The molecule has 9 heteroatoms. The molecule has 1 unspecified atom stereocenters. The fourth-order valence-electron chi connectivity index (χ4n) is 3.52. The van der Waals surface area contributed by atoms with Crippen LogP contribution in [-0.4, -0.2) is 32.1 Å². The van der Waals surface area contributed by atoms with Gasteiger partial charge in [-0.05, 0) is 43.2 Å². The van der Waals surface area contributed by atoms with Crippen LogP contribution in [0.1, 0.15) is 23.9 Å². The summed E-state index contributed by atoms with van der Waals surface area (Å²) >= 11 is 1.25. The van der Waals surface area contributed by atoms with Crippen LogP contribution in [0.3, 0.4) is 0 Å². The van der Waals surface area contributed by atoms with Gasteiger partial charge in [-0.25, -0.2) is 14.2 Å². The molecule has 1 atom stereocenters. The molecule has 7 nitrogen and oxygen atoms in total. The predicted octanol–water partition coefficient (Wildman–Crippen LogP) is 3.78. The van der Waals surface area contributed by atoms with Crippen molar-refractivity contribution in [1.29, 1.82) is 0 Å². The maximum atomic E-state index is 13.5. The zero-order valence-corrected chi connectivity index (χ0v) is 15.9. The van der Waals surface area contributed by atoms with Crippen LogP contribution in [0.25, 0.3) is 15.9 Å². The lowest BCUT2D eigenvalue weighted by Gasteiger charge is -2.21. The third kappa shape index (κ3) is 3.13. The van der Waals surface area contributed by atoms with Crippen LogP contribution in [-0.2, 0) is 0 Å². The van der Waals surface area contributed by atoms with E-state index < -0.39 is 17.5 Å². The normalized spacial score (nSPS) is 16.6. The molecule has 0 N–H and O–H groups in total. The minimum Gasteiger partial charge on any atom is -0.410 e. The van der Waals surface area contributed by atoms with E-state index >= 15 is 0 Å². The number of carbonyl (C=O) groups excluding carboxylic acids is 1. The van der Waals surface area contributed by atoms with Crippen LogP contribution < -0.4 is 10.3 Å². The van der Waals surface area contributed by atoms with Crippen LogP contribution in [0, 0.1) is 5.82 Å². The molecule has 2 aromatic heterocycles. The Balaban J connectivity index is 1.50. The molecular weight excluding hydrogens is 395 g/mol. The van der Waals surface area contributed by atoms with Gasteiger partial charge in [0.15, 0.2) is 0 Å². The Morgan fingerprint density at radius 1 is 1.21 bits per heavy atom. The van der Waals surface area contributed by atoms with Crippen molar-refractivity contribution in [2.75, 3.05) is 6.54 Å². The first-order chi connectivity index (χ1) is 14.1. The average Bonchev–Trinajstić information content (AvgIpc) is 3.36. The number of halogens is 1. The molecular formula is C20H15FN4O3S. The first-order valence-corrected chi connectivity index (χ1v) is 9.94. The number of para-hydroxylation sites is 1. The Morgan fingerprint density at radius 2 is 2.03 bits per heavy atom. The lowest BCUT2D eigenvalue weighted by molar-refractivity contribution is 0.147. The SMILES string of the molecule is O=C(Oc1ccccc1)N1CCCC1c1nn2c(=O)c3cc(F)ccc3nc2s1. The van der Waals surface area contributed by atoms with E-state index in [1.165, 1.54) is 28.0 Å². The summed E-state index contributed by atoms with van der Waals surface area (Å²) in [4.78, 5) is 31.8. The second kappa shape index (κ2) is 6.93. The minimum atomic E-state index is -0.502. The van der Waals surface area contributed by atoms with Gasteiger partial charge in [-0.2, -0.15) is 9.61 Å². The van der Waals surface area contributed by atoms with E-state index in [4.69, 9.17) is 4.74 Å². The smallest absolute Gasteiger partial charge is 0.410 e.